The fraction of sp³-hybridized carbons (Fsp3) is 0.0667. The normalized spacial score (nSPS) is 10.2. The molecule has 0 saturated carbocycles. The van der Waals surface area contributed by atoms with Crippen LogP contribution in [0.3, 0.4) is 0 Å². The average Bonchev–Trinajstić information content (AvgIpc) is 2.48. The molecular weight excluding hydrogens is 335 g/mol. The zero-order valence-electron chi connectivity index (χ0n) is 10.6. The quantitative estimate of drug-likeness (QED) is 0.597. The van der Waals surface area contributed by atoms with Gasteiger partial charge in [0, 0.05) is 10.6 Å². The fourth-order valence-electron chi connectivity index (χ4n) is 1.56. The monoisotopic (exact) mass is 342 g/mol. The van der Waals surface area contributed by atoms with Gasteiger partial charge in [-0.1, -0.05) is 34.8 Å². The molecule has 3 nitrogen and oxygen atoms in total. The van der Waals surface area contributed by atoms with Crippen LogP contribution in [0.15, 0.2) is 42.5 Å². The first kappa shape index (κ1) is 15.8. The van der Waals surface area contributed by atoms with Crippen molar-refractivity contribution < 1.29 is 14.3 Å². The van der Waals surface area contributed by atoms with Gasteiger partial charge >= 0.3 is 5.97 Å². The summed E-state index contributed by atoms with van der Waals surface area (Å²) in [5, 5.41) is 1.11. The Kier molecular flexibility index (Phi) is 5.23. The molecule has 2 aromatic rings. The Morgan fingerprint density at radius 2 is 1.48 bits per heavy atom. The minimum atomic E-state index is -0.643. The molecule has 0 fully saturated rings. The van der Waals surface area contributed by atoms with Gasteiger partial charge in [0.15, 0.2) is 12.4 Å². The number of rotatable bonds is 4. The van der Waals surface area contributed by atoms with Gasteiger partial charge in [-0.05, 0) is 42.5 Å². The van der Waals surface area contributed by atoms with Crippen molar-refractivity contribution in [1.82, 2.24) is 0 Å². The van der Waals surface area contributed by atoms with E-state index in [9.17, 15) is 9.59 Å². The third kappa shape index (κ3) is 4.21. The van der Waals surface area contributed by atoms with Crippen molar-refractivity contribution in [2.24, 2.45) is 0 Å². The predicted molar refractivity (Wildman–Crippen MR) is 82.5 cm³/mol. The molecule has 108 valence electrons. The van der Waals surface area contributed by atoms with E-state index in [1.54, 1.807) is 24.3 Å². The second-order valence-electron chi connectivity index (χ2n) is 4.14. The Morgan fingerprint density at radius 3 is 2.10 bits per heavy atom. The van der Waals surface area contributed by atoms with E-state index in [4.69, 9.17) is 39.5 Å². The van der Waals surface area contributed by atoms with E-state index < -0.39 is 5.97 Å². The van der Waals surface area contributed by atoms with Crippen molar-refractivity contribution in [2.45, 2.75) is 0 Å². The summed E-state index contributed by atoms with van der Waals surface area (Å²) in [4.78, 5) is 23.6. The average molecular weight is 344 g/mol. The van der Waals surface area contributed by atoms with E-state index in [1.165, 1.54) is 18.2 Å². The number of hydrogen-bond donors (Lipinski definition) is 0. The minimum absolute atomic E-state index is 0.230. The molecule has 0 bridgehead atoms. The lowest BCUT2D eigenvalue weighted by Crippen LogP contribution is -2.14. The van der Waals surface area contributed by atoms with E-state index in [0.29, 0.717) is 15.6 Å². The van der Waals surface area contributed by atoms with Gasteiger partial charge in [-0.2, -0.15) is 0 Å². The second kappa shape index (κ2) is 6.94. The number of esters is 1. The Labute approximate surface area is 136 Å². The molecular formula is C15H9Cl3O3. The van der Waals surface area contributed by atoms with Gasteiger partial charge in [0.25, 0.3) is 0 Å². The van der Waals surface area contributed by atoms with Crippen molar-refractivity contribution >= 4 is 46.6 Å². The van der Waals surface area contributed by atoms with Gasteiger partial charge < -0.3 is 4.74 Å². The van der Waals surface area contributed by atoms with E-state index >= 15 is 0 Å². The first-order valence-corrected chi connectivity index (χ1v) is 7.01. The van der Waals surface area contributed by atoms with Crippen molar-refractivity contribution in [3.05, 3.63) is 68.7 Å². The molecule has 6 heteroatoms. The molecule has 0 aromatic heterocycles. The van der Waals surface area contributed by atoms with Gasteiger partial charge in [0.2, 0.25) is 0 Å². The standard InChI is InChI=1S/C15H9Cl3O3/c16-11-4-1-9(2-5-11)14(19)8-21-15(20)10-3-6-12(17)13(18)7-10/h1-7H,8H2. The molecule has 0 aliphatic heterocycles. The highest BCUT2D eigenvalue weighted by Crippen LogP contribution is 2.23. The van der Waals surface area contributed by atoms with Gasteiger partial charge in [0.1, 0.15) is 0 Å². The predicted octanol–water partition coefficient (Wildman–Crippen LogP) is 4.69. The van der Waals surface area contributed by atoms with E-state index in [2.05, 4.69) is 0 Å². The second-order valence-corrected chi connectivity index (χ2v) is 5.39. The summed E-state index contributed by atoms with van der Waals surface area (Å²) in [6.07, 6.45) is 0. The molecule has 0 aliphatic rings. The molecule has 0 spiro atoms. The topological polar surface area (TPSA) is 43.4 Å². The summed E-state index contributed by atoms with van der Waals surface area (Å²) >= 11 is 17.3. The number of Topliss-reactive ketones (excluding diaryl/α,β-unsaturated/α-hetero) is 1. The van der Waals surface area contributed by atoms with Crippen molar-refractivity contribution in [1.29, 1.82) is 0 Å². The Hall–Kier alpha value is -1.55. The van der Waals surface area contributed by atoms with E-state index in [0.717, 1.165) is 0 Å². The molecule has 0 aliphatic carbocycles. The van der Waals surface area contributed by atoms with Crippen molar-refractivity contribution in [3.8, 4) is 0 Å². The van der Waals surface area contributed by atoms with Gasteiger partial charge in [-0.3, -0.25) is 4.79 Å². The molecule has 0 N–H and O–H groups in total. The fourth-order valence-corrected chi connectivity index (χ4v) is 1.98. The number of halogens is 3. The zero-order valence-corrected chi connectivity index (χ0v) is 12.9. The number of carbonyl (C=O) groups is 2. The highest BCUT2D eigenvalue weighted by atomic mass is 35.5. The highest BCUT2D eigenvalue weighted by molar-refractivity contribution is 6.42. The maximum Gasteiger partial charge on any atom is 0.338 e. The Balaban J connectivity index is 1.98. The number of hydrogen-bond acceptors (Lipinski definition) is 3. The Bertz CT molecular complexity index is 681. The number of benzene rings is 2. The summed E-state index contributed by atoms with van der Waals surface area (Å²) in [5.74, 6) is -0.962. The molecule has 2 aromatic carbocycles. The van der Waals surface area contributed by atoms with Crippen LogP contribution in [-0.2, 0) is 4.74 Å². The number of carbonyl (C=O) groups excluding carboxylic acids is 2. The van der Waals surface area contributed by atoms with Crippen LogP contribution in [0.1, 0.15) is 20.7 Å². The minimum Gasteiger partial charge on any atom is -0.454 e. The van der Waals surface area contributed by atoms with Crippen LogP contribution in [0.25, 0.3) is 0 Å². The summed E-state index contributed by atoms with van der Waals surface area (Å²) < 4.78 is 4.95. The molecule has 0 atom stereocenters. The van der Waals surface area contributed by atoms with E-state index in [-0.39, 0.29) is 23.0 Å². The molecule has 0 amide bonds. The van der Waals surface area contributed by atoms with Gasteiger partial charge in [-0.15, -0.1) is 0 Å². The van der Waals surface area contributed by atoms with Crippen LogP contribution in [0.5, 0.6) is 0 Å². The van der Waals surface area contributed by atoms with Crippen molar-refractivity contribution in [2.75, 3.05) is 6.61 Å². The highest BCUT2D eigenvalue weighted by Gasteiger charge is 2.13. The summed E-state index contributed by atoms with van der Waals surface area (Å²) in [6.45, 7) is -0.360. The van der Waals surface area contributed by atoms with E-state index in [1.807, 2.05) is 0 Å². The van der Waals surface area contributed by atoms with Crippen LogP contribution >= 0.6 is 34.8 Å². The third-order valence-electron chi connectivity index (χ3n) is 2.66. The summed E-state index contributed by atoms with van der Waals surface area (Å²) in [6, 6.07) is 10.7. The zero-order chi connectivity index (χ0) is 15.4. The van der Waals surface area contributed by atoms with Crippen LogP contribution in [0.2, 0.25) is 15.1 Å². The molecule has 0 radical (unpaired) electrons. The maximum atomic E-state index is 11.8. The summed E-state index contributed by atoms with van der Waals surface area (Å²) in [5.41, 5.74) is 0.648. The van der Waals surface area contributed by atoms with Crippen LogP contribution in [0, 0.1) is 0 Å². The largest absolute Gasteiger partial charge is 0.454 e. The lowest BCUT2D eigenvalue weighted by atomic mass is 10.1. The maximum absolute atomic E-state index is 11.8. The third-order valence-corrected chi connectivity index (χ3v) is 3.65. The molecule has 0 heterocycles. The lowest BCUT2D eigenvalue weighted by Gasteiger charge is -2.05. The van der Waals surface area contributed by atoms with Crippen LogP contribution in [-0.4, -0.2) is 18.4 Å². The van der Waals surface area contributed by atoms with Crippen molar-refractivity contribution in [3.63, 3.8) is 0 Å². The SMILES string of the molecule is O=C(COC(=O)c1ccc(Cl)c(Cl)c1)c1ccc(Cl)cc1. The number of ketones is 1. The molecule has 0 unspecified atom stereocenters. The summed E-state index contributed by atoms with van der Waals surface area (Å²) in [7, 11) is 0. The van der Waals surface area contributed by atoms with Crippen LogP contribution < -0.4 is 0 Å². The number of ether oxygens (including phenoxy) is 1. The van der Waals surface area contributed by atoms with Crippen LogP contribution in [0.4, 0.5) is 0 Å². The lowest BCUT2D eigenvalue weighted by molar-refractivity contribution is 0.0475. The van der Waals surface area contributed by atoms with Gasteiger partial charge in [-0.25, -0.2) is 4.79 Å². The Morgan fingerprint density at radius 1 is 0.857 bits per heavy atom. The molecule has 2 rings (SSSR count). The van der Waals surface area contributed by atoms with Gasteiger partial charge in [0.05, 0.1) is 15.6 Å². The first-order valence-electron chi connectivity index (χ1n) is 5.88. The smallest absolute Gasteiger partial charge is 0.338 e. The first-order chi connectivity index (χ1) is 9.97. The molecule has 0 saturated heterocycles. The molecule has 21 heavy (non-hydrogen) atoms.